The van der Waals surface area contributed by atoms with Crippen LogP contribution in [0.25, 0.3) is 0 Å². The van der Waals surface area contributed by atoms with Gasteiger partial charge in [-0.25, -0.2) is 4.39 Å². The Balaban J connectivity index is 2.37. The van der Waals surface area contributed by atoms with Crippen molar-refractivity contribution < 1.29 is 19.0 Å². The van der Waals surface area contributed by atoms with E-state index in [1.165, 1.54) is 12.1 Å². The molecule has 0 spiro atoms. The number of amides is 1. The summed E-state index contributed by atoms with van der Waals surface area (Å²) in [6.45, 7) is 4.78. The van der Waals surface area contributed by atoms with Gasteiger partial charge in [0.1, 0.15) is 5.82 Å². The molecule has 0 fully saturated rings. The monoisotopic (exact) mass is 303 g/mol. The topological polar surface area (TPSA) is 58.6 Å². The first-order chi connectivity index (χ1) is 9.40. The summed E-state index contributed by atoms with van der Waals surface area (Å²) in [5.41, 5.74) is 0.242. The molecule has 1 rings (SSSR count). The highest BCUT2D eigenvalue weighted by Crippen LogP contribution is 2.15. The Morgan fingerprint density at radius 2 is 2.15 bits per heavy atom. The quantitative estimate of drug-likeness (QED) is 0.812. The molecule has 0 aliphatic carbocycles. The Morgan fingerprint density at radius 3 is 2.75 bits per heavy atom. The predicted octanol–water partition coefficient (Wildman–Crippen LogP) is 2.24. The molecule has 1 aromatic rings. The zero-order valence-electron chi connectivity index (χ0n) is 11.5. The highest BCUT2D eigenvalue weighted by atomic mass is 35.5. The molecule has 0 radical (unpaired) electrons. The van der Waals surface area contributed by atoms with Crippen molar-refractivity contribution in [2.24, 2.45) is 5.92 Å². The largest absolute Gasteiger partial charge is 0.389 e. The number of nitrogens with one attached hydrogen (secondary N) is 1. The number of aliphatic hydroxyl groups is 1. The van der Waals surface area contributed by atoms with Crippen LogP contribution in [0.15, 0.2) is 18.2 Å². The normalized spacial score (nSPS) is 12.5. The average molecular weight is 304 g/mol. The highest BCUT2D eigenvalue weighted by molar-refractivity contribution is 6.31. The summed E-state index contributed by atoms with van der Waals surface area (Å²) < 4.78 is 18.2. The molecule has 0 saturated heterocycles. The Hall–Kier alpha value is -1.17. The van der Waals surface area contributed by atoms with E-state index in [4.69, 9.17) is 16.3 Å². The van der Waals surface area contributed by atoms with Crippen molar-refractivity contribution in [2.75, 3.05) is 19.8 Å². The van der Waals surface area contributed by atoms with Crippen LogP contribution in [0.4, 0.5) is 4.39 Å². The molecule has 0 bridgehead atoms. The van der Waals surface area contributed by atoms with Crippen LogP contribution in [-0.4, -0.2) is 36.9 Å². The molecule has 1 aromatic carbocycles. The fourth-order valence-electron chi connectivity index (χ4n) is 1.45. The van der Waals surface area contributed by atoms with E-state index in [0.717, 1.165) is 6.07 Å². The van der Waals surface area contributed by atoms with E-state index in [2.05, 4.69) is 5.32 Å². The molecule has 0 aromatic heterocycles. The van der Waals surface area contributed by atoms with E-state index in [0.29, 0.717) is 12.5 Å². The van der Waals surface area contributed by atoms with Gasteiger partial charge in [0.15, 0.2) is 0 Å². The first-order valence-electron chi connectivity index (χ1n) is 6.39. The molecule has 6 heteroatoms. The van der Waals surface area contributed by atoms with Gasteiger partial charge >= 0.3 is 0 Å². The van der Waals surface area contributed by atoms with Crippen molar-refractivity contribution in [2.45, 2.75) is 20.0 Å². The van der Waals surface area contributed by atoms with Crippen molar-refractivity contribution in [3.8, 4) is 0 Å². The van der Waals surface area contributed by atoms with Crippen molar-refractivity contribution >= 4 is 17.5 Å². The van der Waals surface area contributed by atoms with Crippen LogP contribution in [0, 0.1) is 11.7 Å². The van der Waals surface area contributed by atoms with E-state index in [-0.39, 0.29) is 23.7 Å². The Kier molecular flexibility index (Phi) is 6.91. The fourth-order valence-corrected chi connectivity index (χ4v) is 1.63. The van der Waals surface area contributed by atoms with Crippen LogP contribution >= 0.6 is 11.6 Å². The standard InChI is InChI=1S/C14H19ClFNO3/c1-9(2)7-20-8-11(18)6-17-14(19)10-3-4-13(16)12(15)5-10/h3-5,9,11,18H,6-8H2,1-2H3,(H,17,19). The Labute approximate surface area is 122 Å². The van der Waals surface area contributed by atoms with Gasteiger partial charge in [-0.3, -0.25) is 4.79 Å². The fraction of sp³-hybridized carbons (Fsp3) is 0.500. The minimum Gasteiger partial charge on any atom is -0.389 e. The van der Waals surface area contributed by atoms with E-state index >= 15 is 0 Å². The summed E-state index contributed by atoms with van der Waals surface area (Å²) >= 11 is 5.59. The van der Waals surface area contributed by atoms with E-state index < -0.39 is 17.8 Å². The number of hydrogen-bond donors (Lipinski definition) is 2. The number of carbonyl (C=O) groups is 1. The first kappa shape index (κ1) is 16.9. The van der Waals surface area contributed by atoms with Crippen LogP contribution < -0.4 is 5.32 Å². The second-order valence-corrected chi connectivity index (χ2v) is 5.33. The zero-order valence-corrected chi connectivity index (χ0v) is 12.3. The summed E-state index contributed by atoms with van der Waals surface area (Å²) in [4.78, 5) is 11.8. The lowest BCUT2D eigenvalue weighted by Crippen LogP contribution is -2.34. The van der Waals surface area contributed by atoms with Crippen LogP contribution in [0.5, 0.6) is 0 Å². The third-order valence-electron chi connectivity index (χ3n) is 2.44. The van der Waals surface area contributed by atoms with Gasteiger partial charge in [0.05, 0.1) is 17.7 Å². The van der Waals surface area contributed by atoms with Crippen LogP contribution in [-0.2, 0) is 4.74 Å². The molecular formula is C14H19ClFNO3. The van der Waals surface area contributed by atoms with Crippen LogP contribution in [0.1, 0.15) is 24.2 Å². The number of aliphatic hydroxyl groups excluding tert-OH is 1. The van der Waals surface area contributed by atoms with Crippen molar-refractivity contribution in [3.05, 3.63) is 34.6 Å². The summed E-state index contributed by atoms with van der Waals surface area (Å²) in [5.74, 6) is -0.613. The minimum atomic E-state index is -0.784. The van der Waals surface area contributed by atoms with Crippen LogP contribution in [0.2, 0.25) is 5.02 Å². The van der Waals surface area contributed by atoms with E-state index in [1.807, 2.05) is 13.8 Å². The second-order valence-electron chi connectivity index (χ2n) is 4.92. The minimum absolute atomic E-state index is 0.0614. The molecule has 2 N–H and O–H groups in total. The van der Waals surface area contributed by atoms with E-state index in [9.17, 15) is 14.3 Å². The summed E-state index contributed by atoms with van der Waals surface area (Å²) in [6, 6.07) is 3.70. The summed E-state index contributed by atoms with van der Waals surface area (Å²) in [5, 5.41) is 12.1. The third-order valence-corrected chi connectivity index (χ3v) is 2.73. The summed E-state index contributed by atoms with van der Waals surface area (Å²) in [7, 11) is 0. The van der Waals surface area contributed by atoms with Gasteiger partial charge in [0, 0.05) is 18.7 Å². The molecule has 112 valence electrons. The van der Waals surface area contributed by atoms with Gasteiger partial charge < -0.3 is 15.2 Å². The SMILES string of the molecule is CC(C)COCC(O)CNC(=O)c1ccc(F)c(Cl)c1. The maximum Gasteiger partial charge on any atom is 0.251 e. The van der Waals surface area contributed by atoms with Crippen LogP contribution in [0.3, 0.4) is 0 Å². The lowest BCUT2D eigenvalue weighted by molar-refractivity contribution is 0.0259. The number of carbonyl (C=O) groups excluding carboxylic acids is 1. The lowest BCUT2D eigenvalue weighted by atomic mass is 10.2. The second kappa shape index (κ2) is 8.19. The van der Waals surface area contributed by atoms with Gasteiger partial charge in [-0.1, -0.05) is 25.4 Å². The molecule has 1 atom stereocenters. The van der Waals surface area contributed by atoms with Gasteiger partial charge in [-0.15, -0.1) is 0 Å². The molecule has 0 aliphatic rings. The number of halogens is 2. The molecule has 1 unspecified atom stereocenters. The highest BCUT2D eigenvalue weighted by Gasteiger charge is 2.11. The number of ether oxygens (including phenoxy) is 1. The molecular weight excluding hydrogens is 285 g/mol. The maximum atomic E-state index is 13.0. The third kappa shape index (κ3) is 5.86. The molecule has 1 amide bonds. The van der Waals surface area contributed by atoms with Gasteiger partial charge in [-0.2, -0.15) is 0 Å². The Bertz CT molecular complexity index is 454. The summed E-state index contributed by atoms with van der Waals surface area (Å²) in [6.07, 6.45) is -0.784. The number of hydrogen-bond acceptors (Lipinski definition) is 3. The molecule has 0 heterocycles. The lowest BCUT2D eigenvalue weighted by Gasteiger charge is -2.13. The van der Waals surface area contributed by atoms with E-state index in [1.54, 1.807) is 0 Å². The van der Waals surface area contributed by atoms with Gasteiger partial charge in [0.2, 0.25) is 0 Å². The predicted molar refractivity (Wildman–Crippen MR) is 75.4 cm³/mol. The van der Waals surface area contributed by atoms with Crippen molar-refractivity contribution in [3.63, 3.8) is 0 Å². The Morgan fingerprint density at radius 1 is 1.45 bits per heavy atom. The first-order valence-corrected chi connectivity index (χ1v) is 6.77. The van der Waals surface area contributed by atoms with Crippen molar-refractivity contribution in [1.82, 2.24) is 5.32 Å². The molecule has 20 heavy (non-hydrogen) atoms. The number of benzene rings is 1. The van der Waals surface area contributed by atoms with Gasteiger partial charge in [-0.05, 0) is 24.1 Å². The molecule has 0 aliphatic heterocycles. The molecule has 4 nitrogen and oxygen atoms in total. The average Bonchev–Trinajstić information content (AvgIpc) is 2.38. The van der Waals surface area contributed by atoms with Gasteiger partial charge in [0.25, 0.3) is 5.91 Å². The molecule has 0 saturated carbocycles. The number of rotatable bonds is 7. The smallest absolute Gasteiger partial charge is 0.251 e. The maximum absolute atomic E-state index is 13.0. The zero-order chi connectivity index (χ0) is 15.1. The van der Waals surface area contributed by atoms with Crippen molar-refractivity contribution in [1.29, 1.82) is 0 Å².